The highest BCUT2D eigenvalue weighted by atomic mass is 35.5. The van der Waals surface area contributed by atoms with Crippen LogP contribution in [0.1, 0.15) is 5.56 Å². The average molecular weight is 292 g/mol. The van der Waals surface area contributed by atoms with E-state index in [4.69, 9.17) is 16.3 Å². The van der Waals surface area contributed by atoms with E-state index in [1.807, 2.05) is 29.1 Å². The zero-order valence-corrected chi connectivity index (χ0v) is 12.0. The van der Waals surface area contributed by atoms with Crippen LogP contribution in [0.3, 0.4) is 0 Å². The van der Waals surface area contributed by atoms with Gasteiger partial charge in [0, 0.05) is 30.0 Å². The minimum absolute atomic E-state index is 0.191. The van der Waals surface area contributed by atoms with Gasteiger partial charge in [-0.05, 0) is 30.2 Å². The van der Waals surface area contributed by atoms with Crippen molar-refractivity contribution in [2.24, 2.45) is 0 Å². The van der Waals surface area contributed by atoms with Crippen molar-refractivity contribution in [2.75, 3.05) is 13.2 Å². The minimum atomic E-state index is 0.191. The molecule has 106 valence electrons. The lowest BCUT2D eigenvalue weighted by molar-refractivity contribution is -0.00646. The maximum absolute atomic E-state index is 5.91. The van der Waals surface area contributed by atoms with Crippen molar-refractivity contribution in [1.29, 1.82) is 0 Å². The van der Waals surface area contributed by atoms with Crippen molar-refractivity contribution in [3.05, 3.63) is 53.3 Å². The highest BCUT2D eigenvalue weighted by Crippen LogP contribution is 2.13. The maximum atomic E-state index is 5.91. The van der Waals surface area contributed by atoms with Crippen LogP contribution >= 0.6 is 11.6 Å². The van der Waals surface area contributed by atoms with Crippen LogP contribution in [0, 0.1) is 0 Å². The van der Waals surface area contributed by atoms with Gasteiger partial charge in [-0.3, -0.25) is 4.68 Å². The first-order valence-corrected chi connectivity index (χ1v) is 7.24. The van der Waals surface area contributed by atoms with E-state index in [9.17, 15) is 0 Å². The number of morpholine rings is 1. The zero-order valence-electron chi connectivity index (χ0n) is 11.2. The smallest absolute Gasteiger partial charge is 0.0895 e. The molecule has 0 radical (unpaired) electrons. The molecular formula is C15H18ClN3O. The normalized spacial score (nSPS) is 22.9. The monoisotopic (exact) mass is 291 g/mol. The molecule has 1 saturated heterocycles. The first-order chi connectivity index (χ1) is 9.79. The summed E-state index contributed by atoms with van der Waals surface area (Å²) in [5, 5.41) is 8.53. The number of halogens is 1. The van der Waals surface area contributed by atoms with Gasteiger partial charge in [0.15, 0.2) is 0 Å². The highest BCUT2D eigenvalue weighted by molar-refractivity contribution is 6.30. The summed E-state index contributed by atoms with van der Waals surface area (Å²) in [6.45, 7) is 2.39. The third-order valence-corrected chi connectivity index (χ3v) is 3.76. The lowest BCUT2D eigenvalue weighted by Crippen LogP contribution is -2.48. The minimum Gasteiger partial charge on any atom is -0.373 e. The highest BCUT2D eigenvalue weighted by Gasteiger charge is 2.21. The molecule has 1 aromatic carbocycles. The van der Waals surface area contributed by atoms with E-state index in [2.05, 4.69) is 22.5 Å². The molecule has 0 saturated carbocycles. The first-order valence-electron chi connectivity index (χ1n) is 6.86. The van der Waals surface area contributed by atoms with Gasteiger partial charge in [-0.25, -0.2) is 0 Å². The Labute approximate surface area is 123 Å². The van der Waals surface area contributed by atoms with Crippen molar-refractivity contribution >= 4 is 11.6 Å². The summed E-state index contributed by atoms with van der Waals surface area (Å²) >= 11 is 5.89. The Morgan fingerprint density at radius 1 is 1.35 bits per heavy atom. The van der Waals surface area contributed by atoms with E-state index in [1.165, 1.54) is 5.56 Å². The van der Waals surface area contributed by atoms with Crippen molar-refractivity contribution in [3.63, 3.8) is 0 Å². The molecule has 5 heteroatoms. The number of hydrogen-bond acceptors (Lipinski definition) is 3. The topological polar surface area (TPSA) is 39.1 Å². The number of hydrogen-bond donors (Lipinski definition) is 1. The van der Waals surface area contributed by atoms with E-state index >= 15 is 0 Å². The summed E-state index contributed by atoms with van der Waals surface area (Å²) in [7, 11) is 0. The van der Waals surface area contributed by atoms with Gasteiger partial charge in [-0.1, -0.05) is 23.7 Å². The van der Waals surface area contributed by atoms with Crippen LogP contribution in [0.15, 0.2) is 42.7 Å². The van der Waals surface area contributed by atoms with Gasteiger partial charge in [0.2, 0.25) is 0 Å². The first kappa shape index (κ1) is 13.6. The molecule has 1 aliphatic rings. The fourth-order valence-corrected chi connectivity index (χ4v) is 2.56. The molecule has 0 spiro atoms. The van der Waals surface area contributed by atoms with E-state index in [-0.39, 0.29) is 6.10 Å². The van der Waals surface area contributed by atoms with Gasteiger partial charge in [-0.2, -0.15) is 5.10 Å². The number of nitrogens with one attached hydrogen (secondary N) is 1. The second-order valence-corrected chi connectivity index (χ2v) is 5.56. The molecule has 3 rings (SSSR count). The van der Waals surface area contributed by atoms with Crippen molar-refractivity contribution < 1.29 is 4.74 Å². The second kappa shape index (κ2) is 6.39. The van der Waals surface area contributed by atoms with Gasteiger partial charge < -0.3 is 10.1 Å². The summed E-state index contributed by atoms with van der Waals surface area (Å²) in [6, 6.07) is 10.3. The Kier molecular flexibility index (Phi) is 4.35. The van der Waals surface area contributed by atoms with Crippen LogP contribution in [-0.2, 0) is 17.7 Å². The molecule has 1 N–H and O–H groups in total. The fraction of sp³-hybridized carbons (Fsp3) is 0.400. The summed E-state index contributed by atoms with van der Waals surface area (Å²) in [6.07, 6.45) is 4.91. The molecule has 0 bridgehead atoms. The van der Waals surface area contributed by atoms with E-state index < -0.39 is 0 Å². The molecule has 1 aliphatic heterocycles. The largest absolute Gasteiger partial charge is 0.373 e. The second-order valence-electron chi connectivity index (χ2n) is 5.12. The third kappa shape index (κ3) is 3.60. The molecule has 0 unspecified atom stereocenters. The van der Waals surface area contributed by atoms with Crippen LogP contribution in [-0.4, -0.2) is 35.1 Å². The van der Waals surface area contributed by atoms with Gasteiger partial charge in [-0.15, -0.1) is 0 Å². The van der Waals surface area contributed by atoms with E-state index in [0.29, 0.717) is 6.04 Å². The lowest BCUT2D eigenvalue weighted by atomic mass is 10.1. The van der Waals surface area contributed by atoms with Crippen LogP contribution in [0.2, 0.25) is 5.02 Å². The van der Waals surface area contributed by atoms with Crippen molar-refractivity contribution in [1.82, 2.24) is 15.1 Å². The summed E-state index contributed by atoms with van der Waals surface area (Å²) in [5.41, 5.74) is 1.28. The number of nitrogens with zero attached hydrogens (tertiary/aromatic N) is 2. The lowest BCUT2D eigenvalue weighted by Gasteiger charge is -2.30. The molecule has 1 fully saturated rings. The standard InChI is InChI=1S/C15H18ClN3O/c16-13-4-2-12(3-5-13)8-14-11-20-15(9-17-14)10-19-7-1-6-18-19/h1-7,14-15,17H,8-11H2/t14-,15+/m0/s1. The molecule has 2 aromatic rings. The summed E-state index contributed by atoms with van der Waals surface area (Å²) < 4.78 is 7.82. The zero-order chi connectivity index (χ0) is 13.8. The summed E-state index contributed by atoms with van der Waals surface area (Å²) in [4.78, 5) is 0. The number of aromatic nitrogens is 2. The average Bonchev–Trinajstić information content (AvgIpc) is 2.96. The molecule has 2 atom stereocenters. The van der Waals surface area contributed by atoms with Gasteiger partial charge in [0.05, 0.1) is 19.3 Å². The third-order valence-electron chi connectivity index (χ3n) is 3.51. The predicted molar refractivity (Wildman–Crippen MR) is 78.9 cm³/mol. The maximum Gasteiger partial charge on any atom is 0.0895 e. The molecule has 4 nitrogen and oxygen atoms in total. The Bertz CT molecular complexity index is 519. The Morgan fingerprint density at radius 2 is 2.20 bits per heavy atom. The number of benzene rings is 1. The fourth-order valence-electron chi connectivity index (χ4n) is 2.44. The predicted octanol–water partition coefficient (Wildman–Crippen LogP) is 2.14. The van der Waals surface area contributed by atoms with Crippen molar-refractivity contribution in [2.45, 2.75) is 25.1 Å². The Hall–Kier alpha value is -1.36. The molecular weight excluding hydrogens is 274 g/mol. The molecule has 0 aliphatic carbocycles. The molecule has 2 heterocycles. The van der Waals surface area contributed by atoms with Gasteiger partial charge in [0.1, 0.15) is 0 Å². The SMILES string of the molecule is Clc1ccc(C[C@H]2CO[C@@H](Cn3cccn3)CN2)cc1. The molecule has 0 amide bonds. The van der Waals surface area contributed by atoms with Crippen LogP contribution in [0.5, 0.6) is 0 Å². The van der Waals surface area contributed by atoms with E-state index in [0.717, 1.165) is 31.1 Å². The van der Waals surface area contributed by atoms with Crippen LogP contribution < -0.4 is 5.32 Å². The molecule has 1 aromatic heterocycles. The van der Waals surface area contributed by atoms with Gasteiger partial charge >= 0.3 is 0 Å². The summed E-state index contributed by atoms with van der Waals surface area (Å²) in [5.74, 6) is 0. The van der Waals surface area contributed by atoms with Gasteiger partial charge in [0.25, 0.3) is 0 Å². The number of rotatable bonds is 4. The van der Waals surface area contributed by atoms with Crippen LogP contribution in [0.4, 0.5) is 0 Å². The van der Waals surface area contributed by atoms with Crippen LogP contribution in [0.25, 0.3) is 0 Å². The quantitative estimate of drug-likeness (QED) is 0.938. The van der Waals surface area contributed by atoms with Crippen molar-refractivity contribution in [3.8, 4) is 0 Å². The Balaban J connectivity index is 1.47. The van der Waals surface area contributed by atoms with E-state index in [1.54, 1.807) is 6.20 Å². The molecule has 20 heavy (non-hydrogen) atoms. The number of ether oxygens (including phenoxy) is 1. The Morgan fingerprint density at radius 3 is 2.85 bits per heavy atom.